The minimum absolute atomic E-state index is 0.210. The van der Waals surface area contributed by atoms with E-state index in [9.17, 15) is 4.79 Å². The van der Waals surface area contributed by atoms with Crippen LogP contribution in [-0.2, 0) is 0 Å². The lowest BCUT2D eigenvalue weighted by molar-refractivity contribution is 0.0944. The zero-order chi connectivity index (χ0) is 13.9. The van der Waals surface area contributed by atoms with E-state index in [-0.39, 0.29) is 5.91 Å². The van der Waals surface area contributed by atoms with E-state index in [4.69, 9.17) is 11.6 Å². The van der Waals surface area contributed by atoms with E-state index in [0.29, 0.717) is 17.3 Å². The Hall–Kier alpha value is -1.59. The first-order valence-electron chi connectivity index (χ1n) is 6.89. The van der Waals surface area contributed by atoms with Gasteiger partial charge in [-0.2, -0.15) is 5.10 Å². The van der Waals surface area contributed by atoms with Crippen molar-refractivity contribution in [3.05, 3.63) is 35.1 Å². The van der Waals surface area contributed by atoms with Crippen LogP contribution in [-0.4, -0.2) is 46.6 Å². The average molecular weight is 293 g/mol. The van der Waals surface area contributed by atoms with Gasteiger partial charge in [-0.05, 0) is 38.1 Å². The van der Waals surface area contributed by atoms with Gasteiger partial charge in [0.2, 0.25) is 0 Å². The fourth-order valence-corrected chi connectivity index (χ4v) is 2.80. The molecule has 6 heteroatoms. The average Bonchev–Trinajstić information content (AvgIpc) is 3.08. The Morgan fingerprint density at radius 3 is 2.90 bits per heavy atom. The second kappa shape index (κ2) is 5.81. The van der Waals surface area contributed by atoms with Crippen molar-refractivity contribution in [3.63, 3.8) is 0 Å². The van der Waals surface area contributed by atoms with Crippen LogP contribution in [0.4, 0.5) is 0 Å². The molecule has 1 saturated heterocycles. The fraction of sp³-hybridized carbons (Fsp3) is 0.429. The summed E-state index contributed by atoms with van der Waals surface area (Å²) in [5.41, 5.74) is 1.04. The van der Waals surface area contributed by atoms with Gasteiger partial charge in [0.25, 0.3) is 5.91 Å². The van der Waals surface area contributed by atoms with E-state index in [0.717, 1.165) is 25.2 Å². The number of carbonyl (C=O) groups excluding carboxylic acids is 1. The van der Waals surface area contributed by atoms with Crippen LogP contribution < -0.4 is 5.32 Å². The molecule has 1 aliphatic heterocycles. The van der Waals surface area contributed by atoms with Crippen molar-refractivity contribution in [1.82, 2.24) is 19.8 Å². The number of rotatable bonds is 4. The topological polar surface area (TPSA) is 49.6 Å². The van der Waals surface area contributed by atoms with Gasteiger partial charge in [0.05, 0.1) is 10.5 Å². The Labute approximate surface area is 122 Å². The minimum Gasteiger partial charge on any atom is -0.349 e. The third-order valence-electron chi connectivity index (χ3n) is 3.61. The zero-order valence-electron chi connectivity index (χ0n) is 11.2. The number of hydrogen-bond acceptors (Lipinski definition) is 3. The summed E-state index contributed by atoms with van der Waals surface area (Å²) in [4.78, 5) is 14.5. The Morgan fingerprint density at radius 2 is 2.15 bits per heavy atom. The molecule has 0 aromatic carbocycles. The normalized spacial score (nSPS) is 15.8. The van der Waals surface area contributed by atoms with Crippen molar-refractivity contribution in [3.8, 4) is 0 Å². The molecule has 1 aliphatic rings. The molecule has 3 rings (SSSR count). The quantitative estimate of drug-likeness (QED) is 0.935. The Bertz CT molecular complexity index is 619. The molecule has 2 aromatic heterocycles. The van der Waals surface area contributed by atoms with Crippen LogP contribution in [0.3, 0.4) is 0 Å². The summed E-state index contributed by atoms with van der Waals surface area (Å²) in [5.74, 6) is -0.210. The molecule has 20 heavy (non-hydrogen) atoms. The van der Waals surface area contributed by atoms with Crippen molar-refractivity contribution in [2.24, 2.45) is 0 Å². The maximum absolute atomic E-state index is 12.1. The predicted octanol–water partition coefficient (Wildman–Crippen LogP) is 1.81. The van der Waals surface area contributed by atoms with E-state index >= 15 is 0 Å². The summed E-state index contributed by atoms with van der Waals surface area (Å²) in [6.45, 7) is 3.77. The number of carbonyl (C=O) groups is 1. The van der Waals surface area contributed by atoms with Gasteiger partial charge in [-0.25, -0.2) is 4.52 Å². The minimum atomic E-state index is -0.210. The van der Waals surface area contributed by atoms with Crippen LogP contribution in [0.1, 0.15) is 23.3 Å². The second-order valence-corrected chi connectivity index (χ2v) is 5.38. The third-order valence-corrected chi connectivity index (χ3v) is 3.98. The first kappa shape index (κ1) is 13.4. The largest absolute Gasteiger partial charge is 0.349 e. The molecular weight excluding hydrogens is 276 g/mol. The molecule has 1 N–H and O–H groups in total. The molecule has 5 nitrogen and oxygen atoms in total. The van der Waals surface area contributed by atoms with Crippen molar-refractivity contribution in [1.29, 1.82) is 0 Å². The lowest BCUT2D eigenvalue weighted by atomic mass is 10.3. The monoisotopic (exact) mass is 292 g/mol. The lowest BCUT2D eigenvalue weighted by Gasteiger charge is -2.14. The summed E-state index contributed by atoms with van der Waals surface area (Å²) < 4.78 is 1.62. The smallest absolute Gasteiger partial charge is 0.273 e. The second-order valence-electron chi connectivity index (χ2n) is 5.00. The van der Waals surface area contributed by atoms with Crippen LogP contribution in [0.2, 0.25) is 5.02 Å². The molecule has 1 amide bonds. The van der Waals surface area contributed by atoms with Crippen molar-refractivity contribution in [2.75, 3.05) is 26.2 Å². The number of amides is 1. The summed E-state index contributed by atoms with van der Waals surface area (Å²) in [6.07, 6.45) is 4.29. The van der Waals surface area contributed by atoms with Crippen LogP contribution in [0, 0.1) is 0 Å². The summed E-state index contributed by atoms with van der Waals surface area (Å²) in [5, 5.41) is 7.52. The highest BCUT2D eigenvalue weighted by Crippen LogP contribution is 2.21. The van der Waals surface area contributed by atoms with Gasteiger partial charge in [-0.15, -0.1) is 0 Å². The van der Waals surface area contributed by atoms with Crippen LogP contribution in [0.5, 0.6) is 0 Å². The Kier molecular flexibility index (Phi) is 3.89. The Morgan fingerprint density at radius 1 is 1.35 bits per heavy atom. The number of hydrogen-bond donors (Lipinski definition) is 1. The number of pyridine rings is 1. The fourth-order valence-electron chi connectivity index (χ4n) is 2.53. The van der Waals surface area contributed by atoms with E-state index < -0.39 is 0 Å². The van der Waals surface area contributed by atoms with Gasteiger partial charge >= 0.3 is 0 Å². The SMILES string of the molecule is O=C(NCCN1CCCC1)c1nn2ccccc2c1Cl. The summed E-state index contributed by atoms with van der Waals surface area (Å²) >= 11 is 6.20. The van der Waals surface area contributed by atoms with Crippen molar-refractivity contribution >= 4 is 23.0 Å². The molecule has 106 valence electrons. The summed E-state index contributed by atoms with van der Waals surface area (Å²) in [6, 6.07) is 5.57. The third kappa shape index (κ3) is 2.64. The van der Waals surface area contributed by atoms with E-state index in [1.807, 2.05) is 18.2 Å². The number of halogens is 1. The van der Waals surface area contributed by atoms with Gasteiger partial charge in [0.15, 0.2) is 5.69 Å². The molecule has 0 atom stereocenters. The standard InChI is InChI=1S/C14H17ClN4O/c15-12-11-5-1-2-9-19(11)17-13(12)14(20)16-6-10-18-7-3-4-8-18/h1-2,5,9H,3-4,6-8,10H2,(H,16,20). The lowest BCUT2D eigenvalue weighted by Crippen LogP contribution is -2.33. The zero-order valence-corrected chi connectivity index (χ0v) is 11.9. The summed E-state index contributed by atoms with van der Waals surface area (Å²) in [7, 11) is 0. The number of aromatic nitrogens is 2. The number of nitrogens with zero attached hydrogens (tertiary/aromatic N) is 3. The van der Waals surface area contributed by atoms with Crippen molar-refractivity contribution < 1.29 is 4.79 Å². The molecule has 0 spiro atoms. The molecule has 0 radical (unpaired) electrons. The molecule has 0 aliphatic carbocycles. The molecule has 0 bridgehead atoms. The maximum Gasteiger partial charge on any atom is 0.273 e. The molecule has 3 heterocycles. The molecule has 0 saturated carbocycles. The van der Waals surface area contributed by atoms with Crippen LogP contribution >= 0.6 is 11.6 Å². The van der Waals surface area contributed by atoms with Crippen LogP contribution in [0.15, 0.2) is 24.4 Å². The molecule has 1 fully saturated rings. The molecular formula is C14H17ClN4O. The highest BCUT2D eigenvalue weighted by molar-refractivity contribution is 6.36. The first-order chi connectivity index (χ1) is 9.75. The van der Waals surface area contributed by atoms with E-state index in [1.165, 1.54) is 12.8 Å². The van der Waals surface area contributed by atoms with E-state index in [1.54, 1.807) is 10.7 Å². The number of fused-ring (bicyclic) bond motifs is 1. The van der Waals surface area contributed by atoms with Gasteiger partial charge < -0.3 is 10.2 Å². The highest BCUT2D eigenvalue weighted by Gasteiger charge is 2.18. The molecule has 2 aromatic rings. The first-order valence-corrected chi connectivity index (χ1v) is 7.27. The Balaban J connectivity index is 1.64. The van der Waals surface area contributed by atoms with Gasteiger partial charge in [0.1, 0.15) is 0 Å². The number of likely N-dealkylation sites (tertiary alicyclic amines) is 1. The highest BCUT2D eigenvalue weighted by atomic mass is 35.5. The van der Waals surface area contributed by atoms with Gasteiger partial charge in [-0.1, -0.05) is 17.7 Å². The molecule has 0 unspecified atom stereocenters. The van der Waals surface area contributed by atoms with Gasteiger partial charge in [0, 0.05) is 19.3 Å². The van der Waals surface area contributed by atoms with Crippen LogP contribution in [0.25, 0.3) is 5.52 Å². The number of nitrogens with one attached hydrogen (secondary N) is 1. The maximum atomic E-state index is 12.1. The van der Waals surface area contributed by atoms with E-state index in [2.05, 4.69) is 15.3 Å². The predicted molar refractivity (Wildman–Crippen MR) is 78.2 cm³/mol. The van der Waals surface area contributed by atoms with Crippen molar-refractivity contribution in [2.45, 2.75) is 12.8 Å². The van der Waals surface area contributed by atoms with Gasteiger partial charge in [-0.3, -0.25) is 4.79 Å².